The van der Waals surface area contributed by atoms with Crippen LogP contribution in [-0.2, 0) is 16.2 Å². The Hall–Kier alpha value is -2.81. The number of nitrogens with zero attached hydrogens (tertiary/aromatic N) is 1. The van der Waals surface area contributed by atoms with Gasteiger partial charge >= 0.3 is 12.8 Å². The molecule has 2 aromatic heterocycles. The molecule has 15 heteroatoms. The van der Waals surface area contributed by atoms with E-state index in [9.17, 15) is 39.2 Å². The van der Waals surface area contributed by atoms with Gasteiger partial charge in [0, 0.05) is 18.3 Å². The largest absolute Gasteiger partial charge is 0.432 e. The molecular formula is C15H8F7N3O3S2. The van der Waals surface area contributed by atoms with Crippen LogP contribution in [0.5, 0.6) is 5.75 Å². The first-order chi connectivity index (χ1) is 13.9. The van der Waals surface area contributed by atoms with Crippen LogP contribution in [-0.4, -0.2) is 25.0 Å². The second kappa shape index (κ2) is 7.79. The van der Waals surface area contributed by atoms with Gasteiger partial charge in [-0.05, 0) is 6.07 Å². The third-order valence-electron chi connectivity index (χ3n) is 3.46. The van der Waals surface area contributed by atoms with E-state index in [1.54, 1.807) is 4.72 Å². The Balaban J connectivity index is 1.85. The standard InChI is InChI=1S/C15H8F7N3O3S2/c16-7-3-11(28-14(18)19)8(17)2-9(7)25-30(26,27)6-1-10(23-4-6)13-24-5-12(29-13)15(20,21)22/h1-5,14,23,25H. The number of rotatable bonds is 6. The third-order valence-corrected chi connectivity index (χ3v) is 5.88. The molecule has 0 spiro atoms. The number of aromatic nitrogens is 2. The predicted octanol–water partition coefficient (Wildman–Crippen LogP) is 4.84. The summed E-state index contributed by atoms with van der Waals surface area (Å²) in [5.41, 5.74) is -0.964. The number of hydrogen-bond acceptors (Lipinski definition) is 5. The number of nitrogens with one attached hydrogen (secondary N) is 2. The molecule has 0 bridgehead atoms. The summed E-state index contributed by atoms with van der Waals surface area (Å²) in [6, 6.07) is 1.47. The van der Waals surface area contributed by atoms with Crippen LogP contribution in [0, 0.1) is 11.6 Å². The maximum Gasteiger partial charge on any atom is 0.427 e. The van der Waals surface area contributed by atoms with Gasteiger partial charge in [0.15, 0.2) is 17.4 Å². The molecule has 30 heavy (non-hydrogen) atoms. The quantitative estimate of drug-likeness (QED) is 0.500. The summed E-state index contributed by atoms with van der Waals surface area (Å²) in [6.07, 6.45) is -3.15. The van der Waals surface area contributed by atoms with Crippen LogP contribution in [0.15, 0.2) is 35.5 Å². The fourth-order valence-electron chi connectivity index (χ4n) is 2.18. The van der Waals surface area contributed by atoms with E-state index in [-0.39, 0.29) is 28.1 Å². The minimum absolute atomic E-state index is 0.0665. The number of ether oxygens (including phenoxy) is 1. The number of benzene rings is 1. The Bertz CT molecular complexity index is 1170. The van der Waals surface area contributed by atoms with Crippen LogP contribution in [0.4, 0.5) is 36.4 Å². The van der Waals surface area contributed by atoms with Gasteiger partial charge in [-0.1, -0.05) is 0 Å². The van der Waals surface area contributed by atoms with Crippen molar-refractivity contribution in [1.82, 2.24) is 9.97 Å². The van der Waals surface area contributed by atoms with E-state index < -0.39 is 55.7 Å². The molecule has 2 N–H and O–H groups in total. The highest BCUT2D eigenvalue weighted by molar-refractivity contribution is 7.92. The molecular weight excluding hydrogens is 467 g/mol. The number of aromatic amines is 1. The molecule has 3 aromatic rings. The molecule has 0 saturated heterocycles. The van der Waals surface area contributed by atoms with Crippen molar-refractivity contribution in [2.75, 3.05) is 4.72 Å². The second-order valence-electron chi connectivity index (χ2n) is 5.52. The number of anilines is 1. The van der Waals surface area contributed by atoms with Gasteiger partial charge in [-0.3, -0.25) is 4.72 Å². The molecule has 0 fully saturated rings. The smallest absolute Gasteiger partial charge is 0.427 e. The first-order valence-electron chi connectivity index (χ1n) is 7.55. The third kappa shape index (κ3) is 4.67. The molecule has 0 saturated carbocycles. The lowest BCUT2D eigenvalue weighted by molar-refractivity contribution is -0.134. The number of halogens is 7. The van der Waals surface area contributed by atoms with Crippen molar-refractivity contribution in [3.8, 4) is 16.5 Å². The Kier molecular flexibility index (Phi) is 5.68. The second-order valence-corrected chi connectivity index (χ2v) is 8.24. The Labute approximate surface area is 167 Å². The summed E-state index contributed by atoms with van der Waals surface area (Å²) < 4.78 is 120. The van der Waals surface area contributed by atoms with Crippen molar-refractivity contribution in [2.45, 2.75) is 17.7 Å². The topological polar surface area (TPSA) is 84.1 Å². The summed E-state index contributed by atoms with van der Waals surface area (Å²) in [5.74, 6) is -3.98. The van der Waals surface area contributed by atoms with E-state index in [0.717, 1.165) is 12.3 Å². The van der Waals surface area contributed by atoms with Crippen molar-refractivity contribution >= 4 is 27.0 Å². The zero-order chi connectivity index (χ0) is 22.3. The van der Waals surface area contributed by atoms with Gasteiger partial charge in [-0.15, -0.1) is 11.3 Å². The van der Waals surface area contributed by atoms with Crippen LogP contribution in [0.1, 0.15) is 4.88 Å². The number of hydrogen-bond donors (Lipinski definition) is 2. The van der Waals surface area contributed by atoms with Crippen LogP contribution in [0.3, 0.4) is 0 Å². The first-order valence-corrected chi connectivity index (χ1v) is 9.85. The van der Waals surface area contributed by atoms with Crippen molar-refractivity contribution in [3.05, 3.63) is 47.1 Å². The lowest BCUT2D eigenvalue weighted by Gasteiger charge is -2.11. The summed E-state index contributed by atoms with van der Waals surface area (Å²) in [6.45, 7) is -3.43. The molecule has 0 radical (unpaired) electrons. The van der Waals surface area contributed by atoms with Crippen LogP contribution in [0.25, 0.3) is 10.7 Å². The number of H-pyrrole nitrogens is 1. The molecule has 0 aliphatic rings. The summed E-state index contributed by atoms with van der Waals surface area (Å²) >= 11 is 0.264. The molecule has 1 aromatic carbocycles. The maximum atomic E-state index is 14.0. The van der Waals surface area contributed by atoms with Crippen LogP contribution >= 0.6 is 11.3 Å². The Morgan fingerprint density at radius 2 is 1.83 bits per heavy atom. The molecule has 2 heterocycles. The lowest BCUT2D eigenvalue weighted by Crippen LogP contribution is -2.14. The highest BCUT2D eigenvalue weighted by Crippen LogP contribution is 2.37. The van der Waals surface area contributed by atoms with Gasteiger partial charge < -0.3 is 9.72 Å². The van der Waals surface area contributed by atoms with E-state index in [4.69, 9.17) is 0 Å². The molecule has 0 amide bonds. The Morgan fingerprint density at radius 1 is 1.13 bits per heavy atom. The van der Waals surface area contributed by atoms with Crippen LogP contribution in [0.2, 0.25) is 0 Å². The average Bonchev–Trinajstić information content (AvgIpc) is 3.27. The molecule has 162 valence electrons. The molecule has 0 atom stereocenters. The van der Waals surface area contributed by atoms with E-state index in [1.807, 2.05) is 0 Å². The molecule has 6 nitrogen and oxygen atoms in total. The van der Waals surface area contributed by atoms with Crippen molar-refractivity contribution in [1.29, 1.82) is 0 Å². The average molecular weight is 475 g/mol. The number of sulfonamides is 1. The van der Waals surface area contributed by atoms with Gasteiger partial charge in [0.1, 0.15) is 14.8 Å². The van der Waals surface area contributed by atoms with Gasteiger partial charge in [-0.25, -0.2) is 22.2 Å². The maximum absolute atomic E-state index is 14.0. The fraction of sp³-hybridized carbons (Fsp3) is 0.133. The van der Waals surface area contributed by atoms with Gasteiger partial charge in [0.05, 0.1) is 17.6 Å². The van der Waals surface area contributed by atoms with E-state index in [0.29, 0.717) is 12.3 Å². The zero-order valence-electron chi connectivity index (χ0n) is 14.1. The van der Waals surface area contributed by atoms with Gasteiger partial charge in [0.25, 0.3) is 10.0 Å². The van der Waals surface area contributed by atoms with Crippen molar-refractivity contribution in [2.24, 2.45) is 0 Å². The van der Waals surface area contributed by atoms with E-state index in [2.05, 4.69) is 14.7 Å². The van der Waals surface area contributed by atoms with Crippen LogP contribution < -0.4 is 9.46 Å². The minimum atomic E-state index is -4.62. The molecule has 3 rings (SSSR count). The normalized spacial score (nSPS) is 12.4. The first kappa shape index (κ1) is 21.9. The molecule has 0 aliphatic heterocycles. The summed E-state index contributed by atoms with van der Waals surface area (Å²) in [5, 5.41) is -0.158. The highest BCUT2D eigenvalue weighted by Gasteiger charge is 2.33. The lowest BCUT2D eigenvalue weighted by atomic mass is 10.3. The predicted molar refractivity (Wildman–Crippen MR) is 90.7 cm³/mol. The van der Waals surface area contributed by atoms with E-state index in [1.165, 1.54) is 0 Å². The molecule has 0 unspecified atom stereocenters. The van der Waals surface area contributed by atoms with Crippen molar-refractivity contribution < 1.29 is 43.9 Å². The Morgan fingerprint density at radius 3 is 2.43 bits per heavy atom. The number of alkyl halides is 5. The minimum Gasteiger partial charge on any atom is -0.432 e. The molecule has 0 aliphatic carbocycles. The summed E-state index contributed by atoms with van der Waals surface area (Å²) in [7, 11) is -4.52. The van der Waals surface area contributed by atoms with E-state index >= 15 is 0 Å². The fourth-order valence-corrected chi connectivity index (χ4v) is 3.99. The number of thiazole rings is 1. The van der Waals surface area contributed by atoms with Gasteiger partial charge in [0.2, 0.25) is 0 Å². The van der Waals surface area contributed by atoms with Gasteiger partial charge in [-0.2, -0.15) is 22.0 Å². The SMILES string of the molecule is O=S(=O)(Nc1cc(F)c(OC(F)F)cc1F)c1c[nH]c(-c2ncc(C(F)(F)F)s2)c1. The summed E-state index contributed by atoms with van der Waals surface area (Å²) in [4.78, 5) is 4.46. The van der Waals surface area contributed by atoms with Crippen molar-refractivity contribution in [3.63, 3.8) is 0 Å². The zero-order valence-corrected chi connectivity index (χ0v) is 15.7. The monoisotopic (exact) mass is 475 g/mol. The highest BCUT2D eigenvalue weighted by atomic mass is 32.2.